The number of methoxy groups -OCH3 is 1. The zero-order chi connectivity index (χ0) is 20.8. The fourth-order valence-electron chi connectivity index (χ4n) is 2.74. The van der Waals surface area contributed by atoms with Crippen molar-refractivity contribution in [3.8, 4) is 0 Å². The first kappa shape index (κ1) is 20.7. The van der Waals surface area contributed by atoms with E-state index in [4.69, 9.17) is 4.74 Å². The van der Waals surface area contributed by atoms with E-state index in [-0.39, 0.29) is 37.1 Å². The van der Waals surface area contributed by atoms with E-state index in [1.54, 1.807) is 36.4 Å². The molecular weight excluding hydrogens is 440 g/mol. The number of ether oxygens (including phenoxy) is 1. The number of anilines is 1. The van der Waals surface area contributed by atoms with Crippen LogP contribution in [0.1, 0.15) is 5.56 Å². The van der Waals surface area contributed by atoms with Crippen molar-refractivity contribution in [1.82, 2.24) is 14.9 Å². The van der Waals surface area contributed by atoms with Gasteiger partial charge in [0.25, 0.3) is 5.56 Å². The largest absolute Gasteiger partial charge is 0.375 e. The number of hydrogen-bond donors (Lipinski definition) is 2. The van der Waals surface area contributed by atoms with Gasteiger partial charge in [0.1, 0.15) is 13.2 Å². The van der Waals surface area contributed by atoms with E-state index in [0.717, 1.165) is 10.0 Å². The molecule has 0 aliphatic heterocycles. The van der Waals surface area contributed by atoms with Crippen LogP contribution in [0.5, 0.6) is 0 Å². The minimum absolute atomic E-state index is 0.0356. The predicted octanol–water partition coefficient (Wildman–Crippen LogP) is 2.06. The monoisotopic (exact) mass is 458 g/mol. The van der Waals surface area contributed by atoms with E-state index in [2.05, 4.69) is 31.5 Å². The molecule has 9 heteroatoms. The Morgan fingerprint density at radius 3 is 2.79 bits per heavy atom. The highest BCUT2D eigenvalue weighted by Gasteiger charge is 2.09. The second kappa shape index (κ2) is 9.44. The van der Waals surface area contributed by atoms with Gasteiger partial charge in [0.15, 0.2) is 0 Å². The van der Waals surface area contributed by atoms with Crippen molar-refractivity contribution in [2.24, 2.45) is 0 Å². The van der Waals surface area contributed by atoms with Gasteiger partial charge in [0.2, 0.25) is 11.8 Å². The van der Waals surface area contributed by atoms with Gasteiger partial charge in [-0.1, -0.05) is 28.1 Å². The molecule has 0 fully saturated rings. The fourth-order valence-corrected chi connectivity index (χ4v) is 3.10. The van der Waals surface area contributed by atoms with Crippen LogP contribution in [0, 0.1) is 0 Å². The SMILES string of the molecule is COCC(=O)Nc1cccc(CNC(=O)Cn2cnc3ccc(Br)cc3c2=O)c1. The summed E-state index contributed by atoms with van der Waals surface area (Å²) in [7, 11) is 1.45. The summed E-state index contributed by atoms with van der Waals surface area (Å²) in [5, 5.41) is 5.91. The molecule has 0 saturated heterocycles. The van der Waals surface area contributed by atoms with Crippen molar-refractivity contribution in [3.63, 3.8) is 0 Å². The molecule has 2 amide bonds. The van der Waals surface area contributed by atoms with Gasteiger partial charge in [0.05, 0.1) is 17.2 Å². The summed E-state index contributed by atoms with van der Waals surface area (Å²) in [6.07, 6.45) is 1.37. The number of amides is 2. The fraction of sp³-hybridized carbons (Fsp3) is 0.200. The van der Waals surface area contributed by atoms with E-state index in [9.17, 15) is 14.4 Å². The molecule has 0 radical (unpaired) electrons. The summed E-state index contributed by atoms with van der Waals surface area (Å²) >= 11 is 3.33. The quantitative estimate of drug-likeness (QED) is 0.563. The van der Waals surface area contributed by atoms with Gasteiger partial charge in [0, 0.05) is 23.8 Å². The maximum Gasteiger partial charge on any atom is 0.261 e. The Bertz CT molecular complexity index is 1110. The Balaban J connectivity index is 1.63. The summed E-state index contributed by atoms with van der Waals surface area (Å²) in [4.78, 5) is 40.7. The van der Waals surface area contributed by atoms with Crippen LogP contribution in [-0.4, -0.2) is 35.1 Å². The van der Waals surface area contributed by atoms with Crippen LogP contribution in [0.15, 0.2) is 58.1 Å². The molecule has 1 heterocycles. The molecule has 0 atom stereocenters. The average molecular weight is 459 g/mol. The van der Waals surface area contributed by atoms with Gasteiger partial charge >= 0.3 is 0 Å². The molecule has 29 heavy (non-hydrogen) atoms. The lowest BCUT2D eigenvalue weighted by Crippen LogP contribution is -2.32. The predicted molar refractivity (Wildman–Crippen MR) is 112 cm³/mol. The van der Waals surface area contributed by atoms with Crippen LogP contribution in [0.25, 0.3) is 10.9 Å². The maximum atomic E-state index is 12.6. The Kier molecular flexibility index (Phi) is 6.73. The first-order chi connectivity index (χ1) is 14.0. The molecule has 0 aliphatic rings. The lowest BCUT2D eigenvalue weighted by atomic mass is 10.2. The molecule has 0 aliphatic carbocycles. The first-order valence-electron chi connectivity index (χ1n) is 8.75. The third-order valence-electron chi connectivity index (χ3n) is 4.08. The smallest absolute Gasteiger partial charge is 0.261 e. The van der Waals surface area contributed by atoms with E-state index in [1.807, 2.05) is 6.07 Å². The molecule has 0 spiro atoms. The highest BCUT2D eigenvalue weighted by Crippen LogP contribution is 2.15. The lowest BCUT2D eigenvalue weighted by Gasteiger charge is -2.10. The third-order valence-corrected chi connectivity index (χ3v) is 4.57. The number of halogens is 1. The number of benzene rings is 2. The molecular formula is C20H19BrN4O4. The third kappa shape index (κ3) is 5.49. The van der Waals surface area contributed by atoms with Gasteiger partial charge in [-0.3, -0.25) is 19.0 Å². The Morgan fingerprint density at radius 2 is 2.00 bits per heavy atom. The van der Waals surface area contributed by atoms with E-state index in [0.29, 0.717) is 16.6 Å². The highest BCUT2D eigenvalue weighted by atomic mass is 79.9. The number of nitrogens with one attached hydrogen (secondary N) is 2. The van der Waals surface area contributed by atoms with Crippen LogP contribution in [0.2, 0.25) is 0 Å². The van der Waals surface area contributed by atoms with Crippen LogP contribution in [0.4, 0.5) is 5.69 Å². The van der Waals surface area contributed by atoms with E-state index in [1.165, 1.54) is 18.0 Å². The standard InChI is InChI=1S/C20H19BrN4O4/c1-29-11-19(27)24-15-4-2-3-13(7-15)9-22-18(26)10-25-12-23-17-6-5-14(21)8-16(17)20(25)28/h2-8,12H,9-11H2,1H3,(H,22,26)(H,24,27). The molecule has 150 valence electrons. The van der Waals surface area contributed by atoms with Crippen molar-refractivity contribution in [3.05, 3.63) is 69.2 Å². The number of fused-ring (bicyclic) bond motifs is 1. The summed E-state index contributed by atoms with van der Waals surface area (Å²) in [5.41, 5.74) is 1.71. The van der Waals surface area contributed by atoms with Gasteiger partial charge in [-0.05, 0) is 35.9 Å². The average Bonchev–Trinajstić information content (AvgIpc) is 2.69. The van der Waals surface area contributed by atoms with Gasteiger partial charge in [-0.15, -0.1) is 0 Å². The second-order valence-electron chi connectivity index (χ2n) is 6.30. The zero-order valence-electron chi connectivity index (χ0n) is 15.6. The molecule has 0 saturated carbocycles. The van der Waals surface area contributed by atoms with Crippen molar-refractivity contribution < 1.29 is 14.3 Å². The maximum absolute atomic E-state index is 12.6. The number of nitrogens with zero attached hydrogens (tertiary/aromatic N) is 2. The zero-order valence-corrected chi connectivity index (χ0v) is 17.2. The van der Waals surface area contributed by atoms with Gasteiger partial charge in [-0.25, -0.2) is 4.98 Å². The van der Waals surface area contributed by atoms with Gasteiger partial charge in [-0.2, -0.15) is 0 Å². The van der Waals surface area contributed by atoms with E-state index < -0.39 is 0 Å². The normalized spacial score (nSPS) is 10.7. The summed E-state index contributed by atoms with van der Waals surface area (Å²) in [6, 6.07) is 12.3. The van der Waals surface area contributed by atoms with Gasteiger partial charge < -0.3 is 15.4 Å². The Hall–Kier alpha value is -3.04. The van der Waals surface area contributed by atoms with Crippen molar-refractivity contribution in [2.45, 2.75) is 13.1 Å². The number of aromatic nitrogens is 2. The Labute approximate surface area is 175 Å². The molecule has 2 N–H and O–H groups in total. The van der Waals surface area contributed by atoms with Crippen molar-refractivity contribution in [2.75, 3.05) is 19.0 Å². The number of rotatable bonds is 7. The van der Waals surface area contributed by atoms with Crippen LogP contribution in [-0.2, 0) is 27.4 Å². The highest BCUT2D eigenvalue weighted by molar-refractivity contribution is 9.10. The first-order valence-corrected chi connectivity index (χ1v) is 9.54. The summed E-state index contributed by atoms with van der Waals surface area (Å²) in [5.74, 6) is -0.583. The van der Waals surface area contributed by atoms with Crippen LogP contribution >= 0.6 is 15.9 Å². The molecule has 0 unspecified atom stereocenters. The second-order valence-corrected chi connectivity index (χ2v) is 7.21. The molecule has 1 aromatic heterocycles. The number of carbonyl (C=O) groups excluding carboxylic acids is 2. The summed E-state index contributed by atoms with van der Waals surface area (Å²) in [6.45, 7) is 0.0821. The van der Waals surface area contributed by atoms with Crippen LogP contribution < -0.4 is 16.2 Å². The molecule has 3 rings (SSSR count). The minimum atomic E-state index is -0.322. The molecule has 0 bridgehead atoms. The number of carbonyl (C=O) groups is 2. The lowest BCUT2D eigenvalue weighted by molar-refractivity contribution is -0.122. The van der Waals surface area contributed by atoms with Crippen LogP contribution in [0.3, 0.4) is 0 Å². The summed E-state index contributed by atoms with van der Waals surface area (Å²) < 4.78 is 6.82. The molecule has 2 aromatic carbocycles. The Morgan fingerprint density at radius 1 is 1.17 bits per heavy atom. The van der Waals surface area contributed by atoms with Crippen molar-refractivity contribution in [1.29, 1.82) is 0 Å². The molecule has 3 aromatic rings. The van der Waals surface area contributed by atoms with E-state index >= 15 is 0 Å². The molecule has 8 nitrogen and oxygen atoms in total. The van der Waals surface area contributed by atoms with Crippen molar-refractivity contribution >= 4 is 44.3 Å². The number of hydrogen-bond acceptors (Lipinski definition) is 5. The minimum Gasteiger partial charge on any atom is -0.375 e. The topological polar surface area (TPSA) is 102 Å².